The minimum absolute atomic E-state index is 0.0407. The van der Waals surface area contributed by atoms with Crippen molar-refractivity contribution in [1.82, 2.24) is 0 Å². The molecule has 2 N–H and O–H groups in total. The highest BCUT2D eigenvalue weighted by Gasteiger charge is 2.16. The maximum absolute atomic E-state index is 11.8. The van der Waals surface area contributed by atoms with E-state index in [4.69, 9.17) is 10.5 Å². The number of sulfone groups is 1. The minimum atomic E-state index is -3.27. The van der Waals surface area contributed by atoms with Gasteiger partial charge in [-0.15, -0.1) is 0 Å². The monoisotopic (exact) mass is 243 g/mol. The first-order valence-electron chi connectivity index (χ1n) is 5.17. The van der Waals surface area contributed by atoms with E-state index in [0.29, 0.717) is 12.4 Å². The molecule has 0 aliphatic heterocycles. The van der Waals surface area contributed by atoms with Gasteiger partial charge in [0.05, 0.1) is 17.3 Å². The lowest BCUT2D eigenvalue weighted by Gasteiger charge is -2.08. The summed E-state index contributed by atoms with van der Waals surface area (Å²) >= 11 is 0. The van der Waals surface area contributed by atoms with Gasteiger partial charge in [-0.05, 0) is 38.1 Å². The van der Waals surface area contributed by atoms with Crippen LogP contribution in [0, 0.1) is 0 Å². The zero-order valence-corrected chi connectivity index (χ0v) is 10.3. The van der Waals surface area contributed by atoms with Crippen LogP contribution in [0.5, 0.6) is 5.75 Å². The summed E-state index contributed by atoms with van der Waals surface area (Å²) in [5.74, 6) is 0.628. The van der Waals surface area contributed by atoms with Crippen molar-refractivity contribution in [1.29, 1.82) is 0 Å². The van der Waals surface area contributed by atoms with Crippen molar-refractivity contribution in [3.63, 3.8) is 0 Å². The number of nitrogens with two attached hydrogens (primary N) is 1. The van der Waals surface area contributed by atoms with E-state index in [0.717, 1.165) is 0 Å². The van der Waals surface area contributed by atoms with Crippen molar-refractivity contribution in [2.24, 2.45) is 5.73 Å². The first kappa shape index (κ1) is 13.0. The summed E-state index contributed by atoms with van der Waals surface area (Å²) < 4.78 is 28.8. The number of hydrogen-bond acceptors (Lipinski definition) is 4. The molecule has 1 aromatic carbocycles. The minimum Gasteiger partial charge on any atom is -0.494 e. The fourth-order valence-electron chi connectivity index (χ4n) is 1.35. The molecule has 0 spiro atoms. The van der Waals surface area contributed by atoms with Crippen LogP contribution in [0.3, 0.4) is 0 Å². The molecule has 0 heterocycles. The van der Waals surface area contributed by atoms with Gasteiger partial charge in [0.15, 0.2) is 9.84 Å². The third-order valence-electron chi connectivity index (χ3n) is 1.98. The van der Waals surface area contributed by atoms with Gasteiger partial charge in [0, 0.05) is 6.04 Å². The highest BCUT2D eigenvalue weighted by molar-refractivity contribution is 7.91. The van der Waals surface area contributed by atoms with Gasteiger partial charge in [-0.2, -0.15) is 0 Å². The molecule has 0 radical (unpaired) electrons. The number of rotatable bonds is 5. The summed E-state index contributed by atoms with van der Waals surface area (Å²) in [5, 5.41) is 0. The van der Waals surface area contributed by atoms with Crippen LogP contribution in [-0.2, 0) is 9.84 Å². The lowest BCUT2D eigenvalue weighted by Crippen LogP contribution is -2.26. The molecule has 90 valence electrons. The van der Waals surface area contributed by atoms with Crippen LogP contribution < -0.4 is 10.5 Å². The topological polar surface area (TPSA) is 69.4 Å². The van der Waals surface area contributed by atoms with Gasteiger partial charge >= 0.3 is 0 Å². The molecule has 1 atom stereocenters. The molecule has 1 unspecified atom stereocenters. The van der Waals surface area contributed by atoms with Crippen molar-refractivity contribution in [3.8, 4) is 5.75 Å². The molecule has 0 aliphatic carbocycles. The van der Waals surface area contributed by atoms with Gasteiger partial charge in [-0.1, -0.05) is 0 Å². The van der Waals surface area contributed by atoms with Gasteiger partial charge in [-0.3, -0.25) is 0 Å². The predicted octanol–water partition coefficient (Wildman–Crippen LogP) is 1.21. The molecule has 0 bridgehead atoms. The average Bonchev–Trinajstić information content (AvgIpc) is 2.17. The Kier molecular flexibility index (Phi) is 4.32. The second kappa shape index (κ2) is 5.32. The van der Waals surface area contributed by atoms with Gasteiger partial charge in [0.1, 0.15) is 5.75 Å². The van der Waals surface area contributed by atoms with Gasteiger partial charge in [-0.25, -0.2) is 8.42 Å². The Bertz CT molecular complexity index is 423. The van der Waals surface area contributed by atoms with Crippen molar-refractivity contribution in [2.45, 2.75) is 24.8 Å². The first-order chi connectivity index (χ1) is 7.45. The fourth-order valence-corrected chi connectivity index (χ4v) is 2.79. The lowest BCUT2D eigenvalue weighted by molar-refractivity contribution is 0.340. The Labute approximate surface area is 96.3 Å². The maximum Gasteiger partial charge on any atom is 0.179 e. The Morgan fingerprint density at radius 2 is 1.88 bits per heavy atom. The lowest BCUT2D eigenvalue weighted by atomic mass is 10.3. The molecule has 0 amide bonds. The van der Waals surface area contributed by atoms with Crippen molar-refractivity contribution in [2.75, 3.05) is 12.4 Å². The van der Waals surface area contributed by atoms with E-state index in [9.17, 15) is 8.42 Å². The summed E-state index contributed by atoms with van der Waals surface area (Å²) in [7, 11) is -3.27. The molecule has 1 rings (SSSR count). The summed E-state index contributed by atoms with van der Waals surface area (Å²) in [6, 6.07) is 6.03. The van der Waals surface area contributed by atoms with Crippen LogP contribution in [0.4, 0.5) is 0 Å². The molecular weight excluding hydrogens is 226 g/mol. The van der Waals surface area contributed by atoms with Crippen LogP contribution in [-0.4, -0.2) is 26.8 Å². The highest BCUT2D eigenvalue weighted by Crippen LogP contribution is 2.17. The second-order valence-corrected chi connectivity index (χ2v) is 5.70. The predicted molar refractivity (Wildman–Crippen MR) is 63.3 cm³/mol. The van der Waals surface area contributed by atoms with Crippen molar-refractivity contribution >= 4 is 9.84 Å². The molecule has 1 aromatic rings. The number of ether oxygens (including phenoxy) is 1. The van der Waals surface area contributed by atoms with E-state index < -0.39 is 9.84 Å². The molecule has 5 heteroatoms. The van der Waals surface area contributed by atoms with Crippen molar-refractivity contribution in [3.05, 3.63) is 24.3 Å². The van der Waals surface area contributed by atoms with E-state index in [1.54, 1.807) is 31.2 Å². The molecule has 16 heavy (non-hydrogen) atoms. The smallest absolute Gasteiger partial charge is 0.179 e. The molecule has 4 nitrogen and oxygen atoms in total. The molecule has 0 fully saturated rings. The summed E-state index contributed by atoms with van der Waals surface area (Å²) in [6.45, 7) is 4.11. The molecule has 0 aliphatic rings. The zero-order valence-electron chi connectivity index (χ0n) is 9.51. The highest BCUT2D eigenvalue weighted by atomic mass is 32.2. The van der Waals surface area contributed by atoms with Gasteiger partial charge in [0.2, 0.25) is 0 Å². The Hall–Kier alpha value is -1.07. The van der Waals surface area contributed by atoms with Crippen molar-refractivity contribution < 1.29 is 13.2 Å². The summed E-state index contributed by atoms with van der Waals surface area (Å²) in [5.41, 5.74) is 5.49. The molecule has 0 aromatic heterocycles. The SMILES string of the molecule is CCOc1ccc(S(=O)(=O)CC(C)N)cc1. The largest absolute Gasteiger partial charge is 0.494 e. The quantitative estimate of drug-likeness (QED) is 0.843. The summed E-state index contributed by atoms with van der Waals surface area (Å²) in [6.07, 6.45) is 0. The number of benzene rings is 1. The second-order valence-electron chi connectivity index (χ2n) is 3.66. The Morgan fingerprint density at radius 3 is 2.31 bits per heavy atom. The molecule has 0 saturated carbocycles. The number of hydrogen-bond donors (Lipinski definition) is 1. The van der Waals surface area contributed by atoms with Crippen LogP contribution in [0.1, 0.15) is 13.8 Å². The zero-order chi connectivity index (χ0) is 12.2. The van der Waals surface area contributed by atoms with Crippen LogP contribution >= 0.6 is 0 Å². The third-order valence-corrected chi connectivity index (χ3v) is 3.93. The van der Waals surface area contributed by atoms with Gasteiger partial charge < -0.3 is 10.5 Å². The van der Waals surface area contributed by atoms with E-state index in [2.05, 4.69) is 0 Å². The van der Waals surface area contributed by atoms with Crippen LogP contribution in [0.25, 0.3) is 0 Å². The van der Waals surface area contributed by atoms with Crippen LogP contribution in [0.15, 0.2) is 29.2 Å². The van der Waals surface area contributed by atoms with E-state index in [-0.39, 0.29) is 16.7 Å². The van der Waals surface area contributed by atoms with Crippen LogP contribution in [0.2, 0.25) is 0 Å². The Balaban J connectivity index is 2.89. The Morgan fingerprint density at radius 1 is 1.31 bits per heavy atom. The maximum atomic E-state index is 11.8. The van der Waals surface area contributed by atoms with E-state index in [1.807, 2.05) is 6.92 Å². The molecular formula is C11H17NO3S. The van der Waals surface area contributed by atoms with Gasteiger partial charge in [0.25, 0.3) is 0 Å². The summed E-state index contributed by atoms with van der Waals surface area (Å²) in [4.78, 5) is 0.285. The fraction of sp³-hybridized carbons (Fsp3) is 0.455. The normalized spacial score (nSPS) is 13.4. The molecule has 0 saturated heterocycles. The third kappa shape index (κ3) is 3.50. The van der Waals surface area contributed by atoms with E-state index >= 15 is 0 Å². The first-order valence-corrected chi connectivity index (χ1v) is 6.82. The average molecular weight is 243 g/mol. The van der Waals surface area contributed by atoms with E-state index in [1.165, 1.54) is 0 Å². The standard InChI is InChI=1S/C11H17NO3S/c1-3-15-10-4-6-11(7-5-10)16(13,14)8-9(2)12/h4-7,9H,3,8,12H2,1-2H3.